The van der Waals surface area contributed by atoms with Crippen molar-refractivity contribution in [2.24, 2.45) is 0 Å². The van der Waals surface area contributed by atoms with Crippen LogP contribution in [-0.4, -0.2) is 19.9 Å². The van der Waals surface area contributed by atoms with E-state index < -0.39 is 0 Å². The lowest BCUT2D eigenvalue weighted by molar-refractivity contribution is 0.657. The highest BCUT2D eigenvalue weighted by molar-refractivity contribution is 6.26. The molecule has 2 aromatic heterocycles. The molecule has 0 unspecified atom stereocenters. The van der Waals surface area contributed by atoms with Crippen molar-refractivity contribution >= 4 is 75.4 Å². The number of nitrogens with zero attached hydrogens (tertiary/aromatic N) is 4. The van der Waals surface area contributed by atoms with Crippen molar-refractivity contribution < 1.29 is 0 Å². The molecule has 19 aromatic rings. The first-order chi connectivity index (χ1) is 51.1. The van der Waals surface area contributed by atoms with Crippen molar-refractivity contribution in [3.8, 4) is 112 Å². The predicted octanol–water partition coefficient (Wildman–Crippen LogP) is 26.4. The second-order valence-electron chi connectivity index (χ2n) is 29.1. The third-order valence-electron chi connectivity index (χ3n) is 22.4. The average molecular weight is 1330 g/mol. The van der Waals surface area contributed by atoms with E-state index >= 15 is 0 Å². The van der Waals surface area contributed by atoms with Gasteiger partial charge in [0.1, 0.15) is 0 Å². The van der Waals surface area contributed by atoms with E-state index in [-0.39, 0.29) is 10.8 Å². The summed E-state index contributed by atoms with van der Waals surface area (Å²) >= 11 is 0. The number of aromatic nitrogens is 4. The molecule has 17 aromatic carbocycles. The Morgan fingerprint density at radius 1 is 0.202 bits per heavy atom. The molecule has 4 nitrogen and oxygen atoms in total. The zero-order valence-corrected chi connectivity index (χ0v) is 58.1. The molecular weight excluding hydrogens is 1260 g/mol. The summed E-state index contributed by atoms with van der Waals surface area (Å²) in [6, 6.07) is 123. The van der Waals surface area contributed by atoms with Crippen molar-refractivity contribution in [1.29, 1.82) is 0 Å². The summed E-state index contributed by atoms with van der Waals surface area (Å²) in [6.45, 7) is 9.29. The minimum atomic E-state index is -0.340. The van der Waals surface area contributed by atoms with Crippen LogP contribution in [0.2, 0.25) is 0 Å². The summed E-state index contributed by atoms with van der Waals surface area (Å²) in [4.78, 5) is 21.2. The molecule has 0 amide bonds. The molecule has 0 saturated heterocycles. The molecular formula is C100H68N4. The smallest absolute Gasteiger partial charge is 0.160 e. The molecule has 2 aliphatic rings. The number of rotatable bonds is 8. The Balaban J connectivity index is 0.000000147. The van der Waals surface area contributed by atoms with Crippen LogP contribution < -0.4 is 0 Å². The SMILES string of the molecule is CC1(C)c2cc(-c3ccc4c(-c5ccc6ccccc6c5)c5ccccc5c(-c5ccc6ccccc6c5)c4c3)ccc2-c2nc(-c3ccccc3)nc(-c3ccccc3)c21.CC1(C)c2ccc(-c3ccc4ccc5cccc6ccc3c4c56)cc2-c2nc(-c3ccccc3)nc(-c3ccccc3)c21. The second-order valence-corrected chi connectivity index (χ2v) is 29.1. The molecule has 488 valence electrons. The van der Waals surface area contributed by atoms with Crippen molar-refractivity contribution in [2.75, 3.05) is 0 Å². The first-order valence-electron chi connectivity index (χ1n) is 36.1. The Labute approximate surface area is 604 Å². The summed E-state index contributed by atoms with van der Waals surface area (Å²) < 4.78 is 0. The monoisotopic (exact) mass is 1320 g/mol. The van der Waals surface area contributed by atoms with Gasteiger partial charge in [-0.05, 0) is 161 Å². The normalized spacial score (nSPS) is 13.2. The first kappa shape index (κ1) is 60.9. The summed E-state index contributed by atoms with van der Waals surface area (Å²) in [5, 5.41) is 17.8. The van der Waals surface area contributed by atoms with Crippen LogP contribution in [0.4, 0.5) is 0 Å². The molecule has 2 heterocycles. The zero-order chi connectivity index (χ0) is 69.4. The van der Waals surface area contributed by atoms with Gasteiger partial charge < -0.3 is 0 Å². The van der Waals surface area contributed by atoms with Gasteiger partial charge in [-0.3, -0.25) is 0 Å². The van der Waals surface area contributed by atoms with E-state index in [0.717, 1.165) is 56.7 Å². The zero-order valence-electron chi connectivity index (χ0n) is 58.1. The van der Waals surface area contributed by atoms with Crippen LogP contribution in [0.3, 0.4) is 0 Å². The van der Waals surface area contributed by atoms with Gasteiger partial charge in [-0.1, -0.05) is 337 Å². The third-order valence-corrected chi connectivity index (χ3v) is 22.4. The Hall–Kier alpha value is -13.0. The van der Waals surface area contributed by atoms with E-state index in [9.17, 15) is 0 Å². The Morgan fingerprint density at radius 2 is 0.587 bits per heavy atom. The van der Waals surface area contributed by atoms with E-state index in [4.69, 9.17) is 19.9 Å². The molecule has 4 heteroatoms. The maximum atomic E-state index is 5.33. The second kappa shape index (κ2) is 23.8. The lowest BCUT2D eigenvalue weighted by Gasteiger charge is -2.24. The first-order valence-corrected chi connectivity index (χ1v) is 36.1. The van der Waals surface area contributed by atoms with Crippen molar-refractivity contribution in [3.05, 3.63) is 362 Å². The summed E-state index contributed by atoms with van der Waals surface area (Å²) in [5.74, 6) is 1.51. The van der Waals surface area contributed by atoms with E-state index in [2.05, 4.69) is 355 Å². The van der Waals surface area contributed by atoms with E-state index in [1.54, 1.807) is 0 Å². The third kappa shape index (κ3) is 9.74. The van der Waals surface area contributed by atoms with Crippen LogP contribution in [0, 0.1) is 0 Å². The lowest BCUT2D eigenvalue weighted by atomic mass is 9.79. The molecule has 0 N–H and O–H groups in total. The minimum absolute atomic E-state index is 0.244. The molecule has 0 saturated carbocycles. The Bertz CT molecular complexity index is 6680. The standard InChI is InChI=1S/C59H40N2.C41H28N2/c1-59(2)52-36-44(30-32-50(52)57-55(59)56(39-17-5-3-6-18-39)60-58(61-57)40-19-7-4-8-20-40)43-29-31-49-51(35-43)54(46-28-26-38-16-10-12-22-42(38)34-46)48-24-14-13-23-47(48)53(49)45-27-25-37-15-9-11-21-41(37)33-45;1-41(2)34-23-20-30(31-21-18-27-17-16-25-14-9-15-26-19-22-32(31)36(27)35(25)26)24-33(34)39-37(41)38(28-10-5-3-6-11-28)42-40(43-39)29-12-7-4-8-13-29/h3-36H,1-2H3;3-24H,1-2H3. The van der Waals surface area contributed by atoms with Crippen molar-refractivity contribution in [2.45, 2.75) is 38.5 Å². The van der Waals surface area contributed by atoms with Gasteiger partial charge in [0.15, 0.2) is 11.6 Å². The Morgan fingerprint density at radius 3 is 1.16 bits per heavy atom. The van der Waals surface area contributed by atoms with Crippen LogP contribution in [-0.2, 0) is 10.8 Å². The largest absolute Gasteiger partial charge is 0.228 e. The lowest BCUT2D eigenvalue weighted by Crippen LogP contribution is -2.17. The fourth-order valence-corrected chi connectivity index (χ4v) is 17.4. The van der Waals surface area contributed by atoms with Gasteiger partial charge in [0.25, 0.3) is 0 Å². The van der Waals surface area contributed by atoms with Crippen molar-refractivity contribution in [1.82, 2.24) is 19.9 Å². The topological polar surface area (TPSA) is 51.6 Å². The molecule has 0 spiro atoms. The molecule has 2 aliphatic carbocycles. The predicted molar refractivity (Wildman–Crippen MR) is 436 cm³/mol. The number of benzene rings is 17. The van der Waals surface area contributed by atoms with Gasteiger partial charge in [-0.2, -0.15) is 0 Å². The fraction of sp³-hybridized carbons (Fsp3) is 0.0600. The molecule has 0 fully saturated rings. The molecule has 104 heavy (non-hydrogen) atoms. The van der Waals surface area contributed by atoms with Crippen molar-refractivity contribution in [3.63, 3.8) is 0 Å². The molecule has 0 bridgehead atoms. The van der Waals surface area contributed by atoms with Crippen LogP contribution in [0.25, 0.3) is 188 Å². The van der Waals surface area contributed by atoms with E-state index in [1.165, 1.54) is 153 Å². The van der Waals surface area contributed by atoms with E-state index in [1.807, 2.05) is 12.1 Å². The number of fused-ring (bicyclic) bond motifs is 10. The highest BCUT2D eigenvalue weighted by atomic mass is 14.9. The van der Waals surface area contributed by atoms with Crippen LogP contribution in [0.5, 0.6) is 0 Å². The van der Waals surface area contributed by atoms with Crippen LogP contribution >= 0.6 is 0 Å². The molecule has 0 aliphatic heterocycles. The van der Waals surface area contributed by atoms with Gasteiger partial charge in [-0.15, -0.1) is 0 Å². The van der Waals surface area contributed by atoms with Gasteiger partial charge >= 0.3 is 0 Å². The van der Waals surface area contributed by atoms with Gasteiger partial charge in [0.05, 0.1) is 22.8 Å². The summed E-state index contributed by atoms with van der Waals surface area (Å²) in [7, 11) is 0. The maximum Gasteiger partial charge on any atom is 0.160 e. The van der Waals surface area contributed by atoms with Crippen LogP contribution in [0.1, 0.15) is 49.9 Å². The molecule has 0 radical (unpaired) electrons. The summed E-state index contributed by atoms with van der Waals surface area (Å²) in [6.07, 6.45) is 0. The highest BCUT2D eigenvalue weighted by Gasteiger charge is 2.42. The molecule has 0 atom stereocenters. The maximum absolute atomic E-state index is 5.33. The highest BCUT2D eigenvalue weighted by Crippen LogP contribution is 2.56. The van der Waals surface area contributed by atoms with Gasteiger partial charge in [0.2, 0.25) is 0 Å². The average Bonchev–Trinajstić information content (AvgIpc) is 0.779. The van der Waals surface area contributed by atoms with Gasteiger partial charge in [-0.25, -0.2) is 19.9 Å². The Kier molecular flexibility index (Phi) is 13.9. The summed E-state index contributed by atoms with van der Waals surface area (Å²) in [5.41, 5.74) is 24.8. The number of hydrogen-bond acceptors (Lipinski definition) is 4. The van der Waals surface area contributed by atoms with Gasteiger partial charge in [0, 0.05) is 55.3 Å². The van der Waals surface area contributed by atoms with Crippen LogP contribution in [0.15, 0.2) is 340 Å². The molecule has 21 rings (SSSR count). The number of hydrogen-bond donors (Lipinski definition) is 0. The minimum Gasteiger partial charge on any atom is -0.228 e. The fourth-order valence-electron chi connectivity index (χ4n) is 17.4. The quantitative estimate of drug-likeness (QED) is 0.112. The van der Waals surface area contributed by atoms with E-state index in [0.29, 0.717) is 0 Å².